The Kier molecular flexibility index (Phi) is 4.16. The summed E-state index contributed by atoms with van der Waals surface area (Å²) in [4.78, 5) is 28.2. The van der Waals surface area contributed by atoms with Gasteiger partial charge in [-0.25, -0.2) is 0 Å². The van der Waals surface area contributed by atoms with Gasteiger partial charge in [0.05, 0.1) is 17.7 Å². The van der Waals surface area contributed by atoms with E-state index < -0.39 is 5.91 Å². The molecule has 2 amide bonds. The molecule has 5 N–H and O–H groups in total. The summed E-state index contributed by atoms with van der Waals surface area (Å²) in [5.74, 6) is -0.541. The molecule has 6 heteroatoms. The van der Waals surface area contributed by atoms with Crippen LogP contribution in [0.5, 0.6) is 0 Å². The van der Waals surface area contributed by atoms with Crippen LogP contribution >= 0.6 is 0 Å². The van der Waals surface area contributed by atoms with Crippen LogP contribution in [-0.2, 0) is 4.79 Å². The van der Waals surface area contributed by atoms with Crippen molar-refractivity contribution in [2.24, 2.45) is 11.7 Å². The molecule has 0 unspecified atom stereocenters. The van der Waals surface area contributed by atoms with E-state index in [0.717, 1.165) is 10.9 Å². The van der Waals surface area contributed by atoms with Gasteiger partial charge in [0.25, 0.3) is 5.91 Å². The highest BCUT2D eigenvalue weighted by atomic mass is 16.2. The van der Waals surface area contributed by atoms with Crippen molar-refractivity contribution in [2.45, 2.75) is 13.8 Å². The molecular weight excluding hydrogens is 268 g/mol. The molecule has 0 atom stereocenters. The average Bonchev–Trinajstić information content (AvgIpc) is 2.81. The molecule has 0 aliphatic heterocycles. The van der Waals surface area contributed by atoms with Gasteiger partial charge in [0.2, 0.25) is 5.91 Å². The Morgan fingerprint density at radius 2 is 2.05 bits per heavy atom. The van der Waals surface area contributed by atoms with Crippen molar-refractivity contribution in [3.8, 4) is 0 Å². The predicted octanol–water partition coefficient (Wildman–Crippen LogP) is 1.33. The number of aromatic amines is 1. The van der Waals surface area contributed by atoms with Crippen molar-refractivity contribution in [1.82, 2.24) is 9.88 Å². The number of amides is 2. The zero-order valence-electron chi connectivity index (χ0n) is 12.2. The lowest BCUT2D eigenvalue weighted by Gasteiger charge is -2.22. The Hall–Kier alpha value is -2.50. The number of para-hydroxylation sites is 1. The molecule has 0 fully saturated rings. The number of nitrogen functional groups attached to an aromatic ring is 1. The van der Waals surface area contributed by atoms with Crippen molar-refractivity contribution in [3.63, 3.8) is 0 Å². The monoisotopic (exact) mass is 288 g/mol. The van der Waals surface area contributed by atoms with Gasteiger partial charge in [-0.05, 0) is 18.1 Å². The minimum Gasteiger partial charge on any atom is -0.397 e. The van der Waals surface area contributed by atoms with Gasteiger partial charge in [0, 0.05) is 11.9 Å². The molecular formula is C15H20N4O2. The number of nitrogens with one attached hydrogen (secondary N) is 1. The smallest absolute Gasteiger partial charge is 0.270 e. The highest BCUT2D eigenvalue weighted by Crippen LogP contribution is 2.22. The first-order valence-electron chi connectivity index (χ1n) is 6.83. The zero-order chi connectivity index (χ0) is 15.6. The van der Waals surface area contributed by atoms with E-state index in [1.54, 1.807) is 12.1 Å². The summed E-state index contributed by atoms with van der Waals surface area (Å²) in [6.07, 6.45) is 0. The number of aromatic nitrogens is 1. The highest BCUT2D eigenvalue weighted by Gasteiger charge is 2.20. The third-order valence-electron chi connectivity index (χ3n) is 3.14. The molecule has 0 saturated heterocycles. The molecule has 0 radical (unpaired) electrons. The number of carbonyl (C=O) groups excluding carboxylic acids is 2. The number of benzene rings is 1. The first-order chi connectivity index (χ1) is 9.88. The van der Waals surface area contributed by atoms with E-state index in [4.69, 9.17) is 11.5 Å². The predicted molar refractivity (Wildman–Crippen MR) is 82.6 cm³/mol. The van der Waals surface area contributed by atoms with Gasteiger partial charge >= 0.3 is 0 Å². The Bertz CT molecular complexity index is 675. The van der Waals surface area contributed by atoms with E-state index in [1.807, 2.05) is 26.0 Å². The number of nitrogens with zero attached hydrogens (tertiary/aromatic N) is 1. The summed E-state index contributed by atoms with van der Waals surface area (Å²) in [5, 5.41) is 0.863. The number of primary amides is 1. The molecule has 0 bridgehead atoms. The molecule has 1 aromatic heterocycles. The minimum absolute atomic E-state index is 0.0954. The van der Waals surface area contributed by atoms with Crippen LogP contribution in [0.4, 0.5) is 5.69 Å². The second kappa shape index (κ2) is 5.87. The third-order valence-corrected chi connectivity index (χ3v) is 3.14. The summed E-state index contributed by atoms with van der Waals surface area (Å²) >= 11 is 0. The summed E-state index contributed by atoms with van der Waals surface area (Å²) in [6, 6.07) is 7.21. The average molecular weight is 288 g/mol. The summed E-state index contributed by atoms with van der Waals surface area (Å²) in [5.41, 5.74) is 12.8. The molecule has 0 saturated carbocycles. The molecule has 0 aliphatic carbocycles. The van der Waals surface area contributed by atoms with E-state index in [-0.39, 0.29) is 18.4 Å². The van der Waals surface area contributed by atoms with Crippen LogP contribution in [0.25, 0.3) is 10.9 Å². The van der Waals surface area contributed by atoms with Crippen molar-refractivity contribution in [2.75, 3.05) is 18.8 Å². The van der Waals surface area contributed by atoms with Crippen LogP contribution in [0.1, 0.15) is 24.3 Å². The van der Waals surface area contributed by atoms with Gasteiger partial charge in [-0.1, -0.05) is 26.0 Å². The lowest BCUT2D eigenvalue weighted by molar-refractivity contribution is -0.118. The minimum atomic E-state index is -0.528. The summed E-state index contributed by atoms with van der Waals surface area (Å²) < 4.78 is 0. The van der Waals surface area contributed by atoms with Crippen LogP contribution in [0.3, 0.4) is 0 Å². The first-order valence-corrected chi connectivity index (χ1v) is 6.83. The Balaban J connectivity index is 2.33. The first kappa shape index (κ1) is 14.9. The van der Waals surface area contributed by atoms with Gasteiger partial charge < -0.3 is 21.4 Å². The SMILES string of the molecule is CC(C)CN(CC(N)=O)C(=O)c1cc2cccc(N)c2[nH]1. The largest absolute Gasteiger partial charge is 0.397 e. The van der Waals surface area contributed by atoms with Gasteiger partial charge in [-0.2, -0.15) is 0 Å². The number of anilines is 1. The van der Waals surface area contributed by atoms with Gasteiger partial charge in [-0.15, -0.1) is 0 Å². The Labute approximate surface area is 123 Å². The quantitative estimate of drug-likeness (QED) is 0.723. The fraction of sp³-hybridized carbons (Fsp3) is 0.333. The van der Waals surface area contributed by atoms with Gasteiger partial charge in [-0.3, -0.25) is 9.59 Å². The second-order valence-electron chi connectivity index (χ2n) is 5.54. The fourth-order valence-corrected chi connectivity index (χ4v) is 2.31. The van der Waals surface area contributed by atoms with Crippen LogP contribution in [-0.4, -0.2) is 34.8 Å². The lowest BCUT2D eigenvalue weighted by atomic mass is 10.2. The van der Waals surface area contributed by atoms with Crippen LogP contribution < -0.4 is 11.5 Å². The number of nitrogens with two attached hydrogens (primary N) is 2. The summed E-state index contributed by atoms with van der Waals surface area (Å²) in [6.45, 7) is 4.32. The molecule has 1 heterocycles. The van der Waals surface area contributed by atoms with Crippen molar-refractivity contribution < 1.29 is 9.59 Å². The van der Waals surface area contributed by atoms with E-state index in [1.165, 1.54) is 4.90 Å². The van der Waals surface area contributed by atoms with Crippen LogP contribution in [0, 0.1) is 5.92 Å². The molecule has 0 aliphatic rings. The van der Waals surface area contributed by atoms with E-state index in [0.29, 0.717) is 17.9 Å². The number of H-pyrrole nitrogens is 1. The van der Waals surface area contributed by atoms with Crippen LogP contribution in [0.2, 0.25) is 0 Å². The van der Waals surface area contributed by atoms with Gasteiger partial charge in [0.1, 0.15) is 5.69 Å². The zero-order valence-corrected chi connectivity index (χ0v) is 12.2. The maximum atomic E-state index is 12.5. The summed E-state index contributed by atoms with van der Waals surface area (Å²) in [7, 11) is 0. The molecule has 6 nitrogen and oxygen atoms in total. The van der Waals surface area contributed by atoms with E-state index in [9.17, 15) is 9.59 Å². The van der Waals surface area contributed by atoms with Crippen molar-refractivity contribution >= 4 is 28.4 Å². The number of fused-ring (bicyclic) bond motifs is 1. The Morgan fingerprint density at radius 3 is 2.62 bits per heavy atom. The number of hydrogen-bond donors (Lipinski definition) is 3. The van der Waals surface area contributed by atoms with Crippen molar-refractivity contribution in [3.05, 3.63) is 30.0 Å². The lowest BCUT2D eigenvalue weighted by Crippen LogP contribution is -2.40. The third kappa shape index (κ3) is 3.34. The molecule has 2 rings (SSSR count). The molecule has 0 spiro atoms. The number of rotatable bonds is 5. The maximum absolute atomic E-state index is 12.5. The van der Waals surface area contributed by atoms with Crippen LogP contribution in [0.15, 0.2) is 24.3 Å². The molecule has 1 aromatic carbocycles. The molecule has 2 aromatic rings. The number of hydrogen-bond acceptors (Lipinski definition) is 3. The van der Waals surface area contributed by atoms with Gasteiger partial charge in [0.15, 0.2) is 0 Å². The fourth-order valence-electron chi connectivity index (χ4n) is 2.31. The Morgan fingerprint density at radius 1 is 1.33 bits per heavy atom. The maximum Gasteiger partial charge on any atom is 0.270 e. The normalized spacial score (nSPS) is 11.0. The molecule has 21 heavy (non-hydrogen) atoms. The topological polar surface area (TPSA) is 105 Å². The number of carbonyl (C=O) groups is 2. The standard InChI is InChI=1S/C15H20N4O2/c1-9(2)7-19(8-13(17)20)15(21)12-6-10-4-3-5-11(16)14(10)18-12/h3-6,9,18H,7-8,16H2,1-2H3,(H2,17,20). The van der Waals surface area contributed by atoms with E-state index in [2.05, 4.69) is 4.98 Å². The van der Waals surface area contributed by atoms with Crippen molar-refractivity contribution in [1.29, 1.82) is 0 Å². The molecule has 112 valence electrons. The second-order valence-corrected chi connectivity index (χ2v) is 5.54. The van der Waals surface area contributed by atoms with E-state index >= 15 is 0 Å². The highest BCUT2D eigenvalue weighted by molar-refractivity contribution is 6.01.